The van der Waals surface area contributed by atoms with E-state index in [1.807, 2.05) is 26.0 Å². The molecule has 0 saturated heterocycles. The van der Waals surface area contributed by atoms with Crippen LogP contribution in [0.15, 0.2) is 12.1 Å². The highest BCUT2D eigenvalue weighted by Crippen LogP contribution is 2.18. The van der Waals surface area contributed by atoms with Crippen LogP contribution in [0.1, 0.15) is 25.2 Å². The zero-order chi connectivity index (χ0) is 13.5. The number of hydrogen-bond donors (Lipinski definition) is 1. The van der Waals surface area contributed by atoms with Crippen molar-refractivity contribution in [2.75, 3.05) is 13.7 Å². The molecule has 5 heteroatoms. The highest BCUT2D eigenvalue weighted by molar-refractivity contribution is 5.74. The summed E-state index contributed by atoms with van der Waals surface area (Å²) in [6.07, 6.45) is -0.639. The minimum absolute atomic E-state index is 0.398. The molecule has 18 heavy (non-hydrogen) atoms. The molecule has 0 aliphatic carbocycles. The van der Waals surface area contributed by atoms with Crippen LogP contribution in [0.4, 0.5) is 0 Å². The maximum absolute atomic E-state index is 11.3. The van der Waals surface area contributed by atoms with Crippen molar-refractivity contribution in [2.45, 2.75) is 33.4 Å². The molecule has 1 N–H and O–H groups in total. The molecule has 0 amide bonds. The Balaban J connectivity index is 2.83. The second kappa shape index (κ2) is 6.96. The molecule has 0 radical (unpaired) electrons. The van der Waals surface area contributed by atoms with Crippen molar-refractivity contribution in [1.82, 2.24) is 10.3 Å². The lowest BCUT2D eigenvalue weighted by Crippen LogP contribution is -2.26. The number of hydrogen-bond acceptors (Lipinski definition) is 5. The van der Waals surface area contributed by atoms with Crippen molar-refractivity contribution in [3.05, 3.63) is 23.5 Å². The molecule has 0 fully saturated rings. The van der Waals surface area contributed by atoms with Crippen molar-refractivity contribution in [3.8, 4) is 5.75 Å². The molecule has 1 aromatic rings. The fraction of sp³-hybridized carbons (Fsp3) is 0.538. The molecule has 0 aliphatic rings. The average Bonchev–Trinajstić information content (AvgIpc) is 2.37. The summed E-state index contributed by atoms with van der Waals surface area (Å²) in [5.74, 6) is 0.212. The molecule has 1 unspecified atom stereocenters. The SMILES string of the molecule is CCNCc1nc(C)ccc1OC(C)C(=O)OC. The van der Waals surface area contributed by atoms with Crippen molar-refractivity contribution >= 4 is 5.97 Å². The Labute approximate surface area is 108 Å². The summed E-state index contributed by atoms with van der Waals surface area (Å²) >= 11 is 0. The van der Waals surface area contributed by atoms with Crippen molar-refractivity contribution in [3.63, 3.8) is 0 Å². The normalized spacial score (nSPS) is 12.0. The molecule has 0 bridgehead atoms. The Morgan fingerprint density at radius 1 is 1.50 bits per heavy atom. The summed E-state index contributed by atoms with van der Waals surface area (Å²) in [5.41, 5.74) is 1.72. The molecule has 1 rings (SSSR count). The number of nitrogens with zero attached hydrogens (tertiary/aromatic N) is 1. The fourth-order valence-electron chi connectivity index (χ4n) is 1.48. The number of carbonyl (C=O) groups excluding carboxylic acids is 1. The minimum atomic E-state index is -0.639. The maximum Gasteiger partial charge on any atom is 0.346 e. The number of ether oxygens (including phenoxy) is 2. The Hall–Kier alpha value is -1.62. The lowest BCUT2D eigenvalue weighted by atomic mass is 10.2. The van der Waals surface area contributed by atoms with E-state index < -0.39 is 12.1 Å². The smallest absolute Gasteiger partial charge is 0.346 e. The van der Waals surface area contributed by atoms with Gasteiger partial charge < -0.3 is 14.8 Å². The predicted octanol–water partition coefficient (Wildman–Crippen LogP) is 1.44. The second-order valence-electron chi connectivity index (χ2n) is 3.96. The van der Waals surface area contributed by atoms with Crippen LogP contribution in [0, 0.1) is 6.92 Å². The minimum Gasteiger partial charge on any atom is -0.477 e. The first kappa shape index (κ1) is 14.4. The topological polar surface area (TPSA) is 60.5 Å². The Bertz CT molecular complexity index is 407. The van der Waals surface area contributed by atoms with Gasteiger partial charge in [0.25, 0.3) is 0 Å². The van der Waals surface area contributed by atoms with Gasteiger partial charge in [-0.25, -0.2) is 4.79 Å². The van der Waals surface area contributed by atoms with Gasteiger partial charge in [-0.2, -0.15) is 0 Å². The van der Waals surface area contributed by atoms with E-state index in [9.17, 15) is 4.79 Å². The first-order chi connectivity index (χ1) is 8.58. The Kier molecular flexibility index (Phi) is 5.58. The molecule has 100 valence electrons. The van der Waals surface area contributed by atoms with E-state index in [0.717, 1.165) is 17.9 Å². The number of methoxy groups -OCH3 is 1. The highest BCUT2D eigenvalue weighted by atomic mass is 16.6. The average molecular weight is 252 g/mol. The van der Waals surface area contributed by atoms with Gasteiger partial charge in [-0.15, -0.1) is 0 Å². The summed E-state index contributed by atoms with van der Waals surface area (Å²) in [6, 6.07) is 3.68. The number of nitrogens with one attached hydrogen (secondary N) is 1. The van der Waals surface area contributed by atoms with E-state index in [4.69, 9.17) is 4.74 Å². The van der Waals surface area contributed by atoms with Crippen molar-refractivity contribution < 1.29 is 14.3 Å². The van der Waals surface area contributed by atoms with E-state index in [-0.39, 0.29) is 0 Å². The number of carbonyl (C=O) groups is 1. The molecule has 1 aromatic heterocycles. The van der Waals surface area contributed by atoms with E-state index in [1.54, 1.807) is 6.92 Å². The second-order valence-corrected chi connectivity index (χ2v) is 3.96. The lowest BCUT2D eigenvalue weighted by molar-refractivity contribution is -0.147. The van der Waals surface area contributed by atoms with Crippen LogP contribution in [-0.4, -0.2) is 30.7 Å². The maximum atomic E-state index is 11.3. The molecular weight excluding hydrogens is 232 g/mol. The fourth-order valence-corrected chi connectivity index (χ4v) is 1.48. The monoisotopic (exact) mass is 252 g/mol. The van der Waals surface area contributed by atoms with E-state index in [0.29, 0.717) is 12.3 Å². The van der Waals surface area contributed by atoms with Crippen LogP contribution in [0.3, 0.4) is 0 Å². The molecule has 0 saturated carbocycles. The van der Waals surface area contributed by atoms with Crippen LogP contribution in [0.25, 0.3) is 0 Å². The summed E-state index contributed by atoms with van der Waals surface area (Å²) in [6.45, 7) is 7.06. The third-order valence-electron chi connectivity index (χ3n) is 2.45. The van der Waals surface area contributed by atoms with Gasteiger partial charge in [0.05, 0.1) is 12.8 Å². The van der Waals surface area contributed by atoms with E-state index >= 15 is 0 Å². The zero-order valence-corrected chi connectivity index (χ0v) is 11.3. The quantitative estimate of drug-likeness (QED) is 0.776. The third kappa shape index (κ3) is 4.00. The highest BCUT2D eigenvalue weighted by Gasteiger charge is 2.17. The van der Waals surface area contributed by atoms with Gasteiger partial charge in [-0.05, 0) is 32.5 Å². The standard InChI is InChI=1S/C13H20N2O3/c1-5-14-8-11-12(7-6-9(2)15-11)18-10(3)13(16)17-4/h6-7,10,14H,5,8H2,1-4H3. The van der Waals surface area contributed by atoms with Gasteiger partial charge in [0.1, 0.15) is 5.75 Å². The number of rotatable bonds is 6. The van der Waals surface area contributed by atoms with E-state index in [1.165, 1.54) is 7.11 Å². The lowest BCUT2D eigenvalue weighted by Gasteiger charge is -2.15. The van der Waals surface area contributed by atoms with Crippen LogP contribution < -0.4 is 10.1 Å². The van der Waals surface area contributed by atoms with Crippen molar-refractivity contribution in [1.29, 1.82) is 0 Å². The summed E-state index contributed by atoms with van der Waals surface area (Å²) < 4.78 is 10.2. The van der Waals surface area contributed by atoms with Gasteiger partial charge in [0.15, 0.2) is 6.10 Å². The van der Waals surface area contributed by atoms with Gasteiger partial charge in [-0.1, -0.05) is 6.92 Å². The van der Waals surface area contributed by atoms with Gasteiger partial charge in [0.2, 0.25) is 0 Å². The molecule has 5 nitrogen and oxygen atoms in total. The van der Waals surface area contributed by atoms with Crippen LogP contribution in [0.2, 0.25) is 0 Å². The van der Waals surface area contributed by atoms with Crippen LogP contribution >= 0.6 is 0 Å². The zero-order valence-electron chi connectivity index (χ0n) is 11.3. The number of aryl methyl sites for hydroxylation is 1. The number of aromatic nitrogens is 1. The molecular formula is C13H20N2O3. The summed E-state index contributed by atoms with van der Waals surface area (Å²) in [5, 5.41) is 3.19. The predicted molar refractivity (Wildman–Crippen MR) is 68.5 cm³/mol. The van der Waals surface area contributed by atoms with E-state index in [2.05, 4.69) is 15.0 Å². The summed E-state index contributed by atoms with van der Waals surface area (Å²) in [4.78, 5) is 15.7. The van der Waals surface area contributed by atoms with Gasteiger partial charge >= 0.3 is 5.97 Å². The molecule has 0 spiro atoms. The van der Waals surface area contributed by atoms with Gasteiger partial charge in [0, 0.05) is 12.2 Å². The third-order valence-corrected chi connectivity index (χ3v) is 2.45. The van der Waals surface area contributed by atoms with Gasteiger partial charge in [-0.3, -0.25) is 4.98 Å². The van der Waals surface area contributed by atoms with Crippen LogP contribution in [-0.2, 0) is 16.1 Å². The number of pyridine rings is 1. The first-order valence-electron chi connectivity index (χ1n) is 6.00. The Morgan fingerprint density at radius 2 is 2.22 bits per heavy atom. The largest absolute Gasteiger partial charge is 0.477 e. The molecule has 1 atom stereocenters. The molecule has 1 heterocycles. The Morgan fingerprint density at radius 3 is 2.83 bits per heavy atom. The van der Waals surface area contributed by atoms with Crippen molar-refractivity contribution in [2.24, 2.45) is 0 Å². The molecule has 0 aromatic carbocycles. The first-order valence-corrected chi connectivity index (χ1v) is 6.00. The van der Waals surface area contributed by atoms with Crippen LogP contribution in [0.5, 0.6) is 5.75 Å². The summed E-state index contributed by atoms with van der Waals surface area (Å²) in [7, 11) is 1.34. The number of esters is 1. The molecule has 0 aliphatic heterocycles.